The Morgan fingerprint density at radius 1 is 1.38 bits per heavy atom. The molecule has 0 amide bonds. The highest BCUT2D eigenvalue weighted by molar-refractivity contribution is 5.79. The van der Waals surface area contributed by atoms with Gasteiger partial charge in [-0.05, 0) is 6.07 Å². The van der Waals surface area contributed by atoms with Crippen molar-refractivity contribution in [2.45, 2.75) is 6.54 Å². The molecule has 0 fully saturated rings. The van der Waals surface area contributed by atoms with E-state index in [1.54, 1.807) is 14.2 Å². The molecular weight excluding hydrogens is 202 g/mol. The van der Waals surface area contributed by atoms with Crippen molar-refractivity contribution in [3.05, 3.63) is 29.8 Å². The highest BCUT2D eigenvalue weighted by Gasteiger charge is 2.03. The zero-order valence-electron chi connectivity index (χ0n) is 10.3. The van der Waals surface area contributed by atoms with Crippen LogP contribution in [-0.2, 0) is 6.54 Å². The van der Waals surface area contributed by atoms with Gasteiger partial charge in [-0.25, -0.2) is 0 Å². The first kappa shape index (κ1) is 12.4. The third kappa shape index (κ3) is 3.15. The Labute approximate surface area is 96.9 Å². The second-order valence-corrected chi connectivity index (χ2v) is 3.61. The lowest BCUT2D eigenvalue weighted by atomic mass is 10.2. The van der Waals surface area contributed by atoms with E-state index < -0.39 is 0 Å². The van der Waals surface area contributed by atoms with Crippen LogP contribution in [0.2, 0.25) is 0 Å². The Morgan fingerprint density at radius 3 is 2.62 bits per heavy atom. The molecule has 0 radical (unpaired) electrons. The minimum absolute atomic E-state index is 0.703. The maximum absolute atomic E-state index is 5.28. The van der Waals surface area contributed by atoms with Crippen LogP contribution >= 0.6 is 0 Å². The van der Waals surface area contributed by atoms with E-state index in [2.05, 4.69) is 10.3 Å². The zero-order valence-corrected chi connectivity index (χ0v) is 10.3. The monoisotopic (exact) mass is 221 g/mol. The molecule has 88 valence electrons. The van der Waals surface area contributed by atoms with Gasteiger partial charge in [0, 0.05) is 33.3 Å². The van der Waals surface area contributed by atoms with Gasteiger partial charge in [0.2, 0.25) is 0 Å². The summed E-state index contributed by atoms with van der Waals surface area (Å²) in [6, 6.07) is 7.95. The molecule has 0 saturated carbocycles. The van der Waals surface area contributed by atoms with Crippen LogP contribution in [0, 0.1) is 0 Å². The van der Waals surface area contributed by atoms with Crippen LogP contribution in [0.25, 0.3) is 0 Å². The number of ether oxygens (including phenoxy) is 1. The molecule has 0 aliphatic carbocycles. The second-order valence-electron chi connectivity index (χ2n) is 3.61. The number of guanidine groups is 1. The van der Waals surface area contributed by atoms with Crippen LogP contribution in [0.4, 0.5) is 0 Å². The molecule has 0 aliphatic rings. The summed E-state index contributed by atoms with van der Waals surface area (Å²) < 4.78 is 5.28. The summed E-state index contributed by atoms with van der Waals surface area (Å²) >= 11 is 0. The van der Waals surface area contributed by atoms with Crippen molar-refractivity contribution < 1.29 is 4.74 Å². The topological polar surface area (TPSA) is 36.9 Å². The molecule has 0 aliphatic heterocycles. The minimum atomic E-state index is 0.703. The van der Waals surface area contributed by atoms with Gasteiger partial charge in [-0.3, -0.25) is 4.99 Å². The summed E-state index contributed by atoms with van der Waals surface area (Å²) in [6.07, 6.45) is 0. The molecule has 0 aromatic heterocycles. The highest BCUT2D eigenvalue weighted by atomic mass is 16.5. The van der Waals surface area contributed by atoms with E-state index in [0.29, 0.717) is 6.54 Å². The number of nitrogens with zero attached hydrogens (tertiary/aromatic N) is 2. The number of para-hydroxylation sites is 1. The molecule has 0 unspecified atom stereocenters. The van der Waals surface area contributed by atoms with Gasteiger partial charge in [0.1, 0.15) is 5.75 Å². The molecule has 1 aromatic rings. The summed E-state index contributed by atoms with van der Waals surface area (Å²) in [5.41, 5.74) is 1.12. The summed E-state index contributed by atoms with van der Waals surface area (Å²) in [6.45, 7) is 0.703. The molecule has 4 nitrogen and oxygen atoms in total. The van der Waals surface area contributed by atoms with Crippen molar-refractivity contribution in [1.82, 2.24) is 10.2 Å². The summed E-state index contributed by atoms with van der Waals surface area (Å²) in [4.78, 5) is 6.09. The fourth-order valence-corrected chi connectivity index (χ4v) is 1.46. The van der Waals surface area contributed by atoms with Crippen molar-refractivity contribution in [2.75, 3.05) is 28.3 Å². The Balaban J connectivity index is 2.67. The maximum Gasteiger partial charge on any atom is 0.193 e. The number of aliphatic imine (C=N–C) groups is 1. The van der Waals surface area contributed by atoms with E-state index in [4.69, 9.17) is 4.74 Å². The number of benzene rings is 1. The van der Waals surface area contributed by atoms with Crippen LogP contribution < -0.4 is 10.1 Å². The SMILES string of the molecule is CN=C(NCc1ccccc1OC)N(C)C. The average molecular weight is 221 g/mol. The molecule has 16 heavy (non-hydrogen) atoms. The van der Waals surface area contributed by atoms with Crippen molar-refractivity contribution in [3.63, 3.8) is 0 Å². The predicted molar refractivity (Wildman–Crippen MR) is 66.9 cm³/mol. The van der Waals surface area contributed by atoms with Crippen molar-refractivity contribution in [2.24, 2.45) is 4.99 Å². The van der Waals surface area contributed by atoms with Crippen LogP contribution in [0.1, 0.15) is 5.56 Å². The quantitative estimate of drug-likeness (QED) is 0.618. The van der Waals surface area contributed by atoms with E-state index in [1.165, 1.54) is 0 Å². The van der Waals surface area contributed by atoms with Crippen LogP contribution in [0.15, 0.2) is 29.3 Å². The van der Waals surface area contributed by atoms with Crippen LogP contribution in [0.5, 0.6) is 5.75 Å². The van der Waals surface area contributed by atoms with E-state index in [-0.39, 0.29) is 0 Å². The Bertz CT molecular complexity index is 361. The third-order valence-electron chi connectivity index (χ3n) is 2.26. The molecule has 0 bridgehead atoms. The first-order valence-electron chi connectivity index (χ1n) is 5.19. The van der Waals surface area contributed by atoms with Gasteiger partial charge in [0.05, 0.1) is 7.11 Å². The fourth-order valence-electron chi connectivity index (χ4n) is 1.46. The largest absolute Gasteiger partial charge is 0.496 e. The van der Waals surface area contributed by atoms with E-state index in [1.807, 2.05) is 43.3 Å². The first-order chi connectivity index (χ1) is 7.69. The molecule has 0 atom stereocenters. The number of hydrogen-bond donors (Lipinski definition) is 1. The zero-order chi connectivity index (χ0) is 12.0. The minimum Gasteiger partial charge on any atom is -0.496 e. The Morgan fingerprint density at radius 2 is 2.06 bits per heavy atom. The lowest BCUT2D eigenvalue weighted by Gasteiger charge is -2.17. The highest BCUT2D eigenvalue weighted by Crippen LogP contribution is 2.16. The van der Waals surface area contributed by atoms with Gasteiger partial charge in [-0.1, -0.05) is 18.2 Å². The Kier molecular flexibility index (Phi) is 4.64. The van der Waals surface area contributed by atoms with Gasteiger partial charge < -0.3 is 15.0 Å². The molecule has 0 saturated heterocycles. The average Bonchev–Trinajstić information content (AvgIpc) is 2.30. The number of methoxy groups -OCH3 is 1. The number of nitrogens with one attached hydrogen (secondary N) is 1. The normalized spacial score (nSPS) is 11.1. The lowest BCUT2D eigenvalue weighted by Crippen LogP contribution is -2.35. The lowest BCUT2D eigenvalue weighted by molar-refractivity contribution is 0.408. The van der Waals surface area contributed by atoms with E-state index >= 15 is 0 Å². The Hall–Kier alpha value is -1.71. The molecular formula is C12H19N3O. The van der Waals surface area contributed by atoms with Crippen molar-refractivity contribution in [3.8, 4) is 5.75 Å². The number of hydrogen-bond acceptors (Lipinski definition) is 2. The van der Waals surface area contributed by atoms with E-state index in [0.717, 1.165) is 17.3 Å². The van der Waals surface area contributed by atoms with Gasteiger partial charge in [0.25, 0.3) is 0 Å². The molecule has 0 heterocycles. The van der Waals surface area contributed by atoms with Gasteiger partial charge in [0.15, 0.2) is 5.96 Å². The third-order valence-corrected chi connectivity index (χ3v) is 2.26. The molecule has 0 spiro atoms. The second kappa shape index (κ2) is 6.00. The van der Waals surface area contributed by atoms with E-state index in [9.17, 15) is 0 Å². The smallest absolute Gasteiger partial charge is 0.193 e. The van der Waals surface area contributed by atoms with Gasteiger partial charge in [-0.2, -0.15) is 0 Å². The van der Waals surface area contributed by atoms with Crippen molar-refractivity contribution >= 4 is 5.96 Å². The van der Waals surface area contributed by atoms with Crippen LogP contribution in [0.3, 0.4) is 0 Å². The van der Waals surface area contributed by atoms with Crippen molar-refractivity contribution in [1.29, 1.82) is 0 Å². The standard InChI is InChI=1S/C12H19N3O/c1-13-12(15(2)3)14-9-10-7-5-6-8-11(10)16-4/h5-8H,9H2,1-4H3,(H,13,14). The van der Waals surface area contributed by atoms with Gasteiger partial charge >= 0.3 is 0 Å². The molecule has 1 rings (SSSR count). The molecule has 4 heteroatoms. The molecule has 1 N–H and O–H groups in total. The number of rotatable bonds is 3. The van der Waals surface area contributed by atoms with Gasteiger partial charge in [-0.15, -0.1) is 0 Å². The summed E-state index contributed by atoms with van der Waals surface area (Å²) in [5.74, 6) is 1.75. The summed E-state index contributed by atoms with van der Waals surface area (Å²) in [5, 5.41) is 3.26. The van der Waals surface area contributed by atoms with Crippen LogP contribution in [-0.4, -0.2) is 39.1 Å². The molecule has 1 aromatic carbocycles. The maximum atomic E-state index is 5.28. The summed E-state index contributed by atoms with van der Waals surface area (Å²) in [7, 11) is 7.36. The fraction of sp³-hybridized carbons (Fsp3) is 0.417. The first-order valence-corrected chi connectivity index (χ1v) is 5.19. The predicted octanol–water partition coefficient (Wildman–Crippen LogP) is 1.33.